The lowest BCUT2D eigenvalue weighted by Crippen LogP contribution is -2.32. The normalized spacial score (nSPS) is 20.1. The molecule has 0 N–H and O–H groups in total. The minimum atomic E-state index is -3.81. The first-order chi connectivity index (χ1) is 26.3. The molecule has 1 aliphatic carbocycles. The molecule has 2 heterocycles. The lowest BCUT2D eigenvalue weighted by Gasteiger charge is -2.27. The topological polar surface area (TPSA) is 58.9 Å². The molecule has 288 valence electrons. The molecule has 1 unspecified atom stereocenters. The number of nitrogens with zero attached hydrogens (tertiary/aromatic N) is 2. The highest BCUT2D eigenvalue weighted by molar-refractivity contribution is 7.86. The molecule has 4 aromatic rings. The smallest absolute Gasteiger partial charge is 0.269 e. The highest BCUT2D eigenvalue weighted by Crippen LogP contribution is 2.51. The number of benzene rings is 4. The van der Waals surface area contributed by atoms with Crippen LogP contribution in [0.1, 0.15) is 78.4 Å². The SMILES string of the molecule is CCC[N+]1=C(/C=C/C2=C(Cl)C(=C/C=C3/N(CCS(=O)(=O)OC(C)COC)c4ccc5ccccc5c4C3(C)C)/CCC2)C(C)(C)c2c1ccc1ccccc21. The van der Waals surface area contributed by atoms with Gasteiger partial charge in [-0.2, -0.15) is 13.0 Å². The summed E-state index contributed by atoms with van der Waals surface area (Å²) in [7, 11) is -2.27. The van der Waals surface area contributed by atoms with Crippen LogP contribution < -0.4 is 4.90 Å². The van der Waals surface area contributed by atoms with Gasteiger partial charge in [0.15, 0.2) is 5.71 Å². The van der Waals surface area contributed by atoms with E-state index in [0.29, 0.717) is 0 Å². The summed E-state index contributed by atoms with van der Waals surface area (Å²) in [5.41, 5.74) is 8.87. The van der Waals surface area contributed by atoms with E-state index in [9.17, 15) is 8.42 Å². The molecule has 0 amide bonds. The Morgan fingerprint density at radius 1 is 0.873 bits per heavy atom. The van der Waals surface area contributed by atoms with Crippen molar-refractivity contribution in [2.75, 3.05) is 37.5 Å². The zero-order valence-corrected chi connectivity index (χ0v) is 34.9. The second-order valence-corrected chi connectivity index (χ2v) is 18.3. The molecular formula is C47H54ClN2O4S+. The van der Waals surface area contributed by atoms with E-state index < -0.39 is 21.6 Å². The monoisotopic (exact) mass is 777 g/mol. The number of ether oxygens (including phenoxy) is 1. The van der Waals surface area contributed by atoms with E-state index in [2.05, 4.69) is 141 Å². The number of hydrogen-bond donors (Lipinski definition) is 0. The summed E-state index contributed by atoms with van der Waals surface area (Å²) in [6, 6.07) is 25.9. The Kier molecular flexibility index (Phi) is 11.1. The van der Waals surface area contributed by atoms with E-state index in [1.165, 1.54) is 45.8 Å². The van der Waals surface area contributed by atoms with Crippen LogP contribution in [0.25, 0.3) is 21.5 Å². The first kappa shape index (κ1) is 39.2. The molecule has 55 heavy (non-hydrogen) atoms. The number of hydrogen-bond acceptors (Lipinski definition) is 5. The summed E-state index contributed by atoms with van der Waals surface area (Å²) in [5.74, 6) is -0.156. The summed E-state index contributed by atoms with van der Waals surface area (Å²) in [6.07, 6.45) is 12.2. The van der Waals surface area contributed by atoms with Crippen LogP contribution in [0, 0.1) is 0 Å². The van der Waals surface area contributed by atoms with Crippen LogP contribution in [0.5, 0.6) is 0 Å². The van der Waals surface area contributed by atoms with E-state index in [4.69, 9.17) is 20.5 Å². The second-order valence-electron chi connectivity index (χ2n) is 16.2. The van der Waals surface area contributed by atoms with Gasteiger partial charge in [-0.05, 0) is 96.5 Å². The number of rotatable bonds is 12. The summed E-state index contributed by atoms with van der Waals surface area (Å²) < 4.78 is 39.4. The van der Waals surface area contributed by atoms with Crippen molar-refractivity contribution >= 4 is 60.4 Å². The Morgan fingerprint density at radius 2 is 1.55 bits per heavy atom. The van der Waals surface area contributed by atoms with Crippen LogP contribution in [0.15, 0.2) is 119 Å². The fraction of sp³-hybridized carbons (Fsp3) is 0.383. The van der Waals surface area contributed by atoms with Gasteiger partial charge in [0, 0.05) is 59.6 Å². The Labute approximate surface area is 332 Å². The lowest BCUT2D eigenvalue weighted by atomic mass is 9.78. The largest absolute Gasteiger partial charge is 0.382 e. The van der Waals surface area contributed by atoms with E-state index >= 15 is 0 Å². The first-order valence-electron chi connectivity index (χ1n) is 19.6. The van der Waals surface area contributed by atoms with Crippen LogP contribution >= 0.6 is 11.6 Å². The molecule has 0 saturated carbocycles. The van der Waals surface area contributed by atoms with Crippen LogP contribution in [0.4, 0.5) is 11.4 Å². The maximum Gasteiger partial charge on any atom is 0.269 e. The van der Waals surface area contributed by atoms with Gasteiger partial charge in [0.05, 0.1) is 23.9 Å². The van der Waals surface area contributed by atoms with Gasteiger partial charge < -0.3 is 9.64 Å². The third-order valence-corrected chi connectivity index (χ3v) is 13.4. The number of anilines is 1. The minimum Gasteiger partial charge on any atom is -0.382 e. The van der Waals surface area contributed by atoms with Crippen LogP contribution in [-0.2, 0) is 29.9 Å². The van der Waals surface area contributed by atoms with Crippen LogP contribution in [0.3, 0.4) is 0 Å². The number of halogens is 1. The highest BCUT2D eigenvalue weighted by atomic mass is 35.5. The van der Waals surface area contributed by atoms with Crippen molar-refractivity contribution in [2.45, 2.75) is 84.2 Å². The van der Waals surface area contributed by atoms with Crippen molar-refractivity contribution in [1.82, 2.24) is 0 Å². The molecule has 8 heteroatoms. The molecule has 1 atom stereocenters. The summed E-state index contributed by atoms with van der Waals surface area (Å²) in [5, 5.41) is 5.71. The molecule has 6 nitrogen and oxygen atoms in total. The van der Waals surface area contributed by atoms with Gasteiger partial charge in [-0.3, -0.25) is 4.18 Å². The van der Waals surface area contributed by atoms with Crippen molar-refractivity contribution in [3.8, 4) is 0 Å². The molecule has 0 aromatic heterocycles. The molecule has 7 rings (SSSR count). The van der Waals surface area contributed by atoms with E-state index in [-0.39, 0.29) is 24.3 Å². The lowest BCUT2D eigenvalue weighted by molar-refractivity contribution is -0.437. The number of allylic oxidation sites excluding steroid dienone is 8. The molecule has 4 aromatic carbocycles. The second kappa shape index (κ2) is 15.5. The Balaban J connectivity index is 1.24. The van der Waals surface area contributed by atoms with Gasteiger partial charge >= 0.3 is 0 Å². The number of fused-ring (bicyclic) bond motifs is 6. The maximum atomic E-state index is 13.2. The molecule has 2 aliphatic heterocycles. The first-order valence-corrected chi connectivity index (χ1v) is 21.6. The average Bonchev–Trinajstić information content (AvgIpc) is 3.51. The Morgan fingerprint density at radius 3 is 2.24 bits per heavy atom. The molecule has 0 spiro atoms. The molecule has 3 aliphatic rings. The quantitative estimate of drug-likeness (QED) is 0.106. The van der Waals surface area contributed by atoms with Crippen LogP contribution in [-0.4, -0.2) is 57.4 Å². The van der Waals surface area contributed by atoms with Crippen molar-refractivity contribution < 1.29 is 21.9 Å². The Bertz CT molecular complexity index is 2420. The van der Waals surface area contributed by atoms with E-state index in [1.54, 1.807) is 6.92 Å². The van der Waals surface area contributed by atoms with Crippen molar-refractivity contribution in [2.24, 2.45) is 0 Å². The van der Waals surface area contributed by atoms with Crippen LogP contribution in [0.2, 0.25) is 0 Å². The maximum absolute atomic E-state index is 13.2. The molecule has 0 radical (unpaired) electrons. The van der Waals surface area contributed by atoms with Gasteiger partial charge in [0.2, 0.25) is 5.69 Å². The predicted molar refractivity (Wildman–Crippen MR) is 230 cm³/mol. The molecule has 0 fully saturated rings. The molecule has 0 bridgehead atoms. The molecular weight excluding hydrogens is 724 g/mol. The molecule has 0 saturated heterocycles. The van der Waals surface area contributed by atoms with Gasteiger partial charge in [-0.1, -0.05) is 99.1 Å². The average molecular weight is 778 g/mol. The summed E-state index contributed by atoms with van der Waals surface area (Å²) in [4.78, 5) is 2.16. The summed E-state index contributed by atoms with van der Waals surface area (Å²) >= 11 is 7.31. The Hall–Kier alpha value is -4.01. The predicted octanol–water partition coefficient (Wildman–Crippen LogP) is 11.0. The number of methoxy groups -OCH3 is 1. The zero-order valence-electron chi connectivity index (χ0n) is 33.3. The summed E-state index contributed by atoms with van der Waals surface area (Å²) in [6.45, 7) is 14.5. The van der Waals surface area contributed by atoms with Crippen molar-refractivity contribution in [3.63, 3.8) is 0 Å². The van der Waals surface area contributed by atoms with Crippen molar-refractivity contribution in [1.29, 1.82) is 0 Å². The van der Waals surface area contributed by atoms with Crippen molar-refractivity contribution in [3.05, 3.63) is 130 Å². The van der Waals surface area contributed by atoms with Gasteiger partial charge in [-0.15, -0.1) is 0 Å². The van der Waals surface area contributed by atoms with Gasteiger partial charge in [0.1, 0.15) is 6.54 Å². The minimum absolute atomic E-state index is 0.156. The van der Waals surface area contributed by atoms with E-state index in [1.807, 2.05) is 0 Å². The fourth-order valence-corrected chi connectivity index (χ4v) is 10.5. The highest BCUT2D eigenvalue weighted by Gasteiger charge is 2.45. The third-order valence-electron chi connectivity index (χ3n) is 11.6. The van der Waals surface area contributed by atoms with Gasteiger partial charge in [-0.25, -0.2) is 0 Å². The standard InChI is InChI=1S/C47H54ClN2O4S/c1-8-28-49-39-24-20-33-14-9-11-18-37(33)43(39)46(3,4)41(49)26-22-35-16-13-17-36(45(35)48)23-27-42-47(5,6)44-38-19-12-10-15-34(38)21-25-40(44)50(42)29-30-55(51,52)54-32(2)31-53-7/h9-12,14-15,18-27,32H,8,13,16-17,28-31H2,1-7H3/q+1. The van der Waals surface area contributed by atoms with Gasteiger partial charge in [0.25, 0.3) is 10.1 Å². The fourth-order valence-electron chi connectivity index (χ4n) is 9.11. The zero-order chi connectivity index (χ0) is 39.1. The third kappa shape index (κ3) is 7.37. The van der Waals surface area contributed by atoms with E-state index in [0.717, 1.165) is 65.2 Å².